The van der Waals surface area contributed by atoms with Gasteiger partial charge in [-0.3, -0.25) is 4.79 Å². The van der Waals surface area contributed by atoms with Crippen molar-refractivity contribution in [3.63, 3.8) is 0 Å². The summed E-state index contributed by atoms with van der Waals surface area (Å²) in [5.41, 5.74) is 0.754. The molecule has 1 aromatic carbocycles. The van der Waals surface area contributed by atoms with Crippen LogP contribution in [0.5, 0.6) is 0 Å². The smallest absolute Gasteiger partial charge is 0.342 e. The van der Waals surface area contributed by atoms with Crippen molar-refractivity contribution in [2.45, 2.75) is 44.5 Å². The summed E-state index contributed by atoms with van der Waals surface area (Å²) in [4.78, 5) is 29.0. The summed E-state index contributed by atoms with van der Waals surface area (Å²) in [6.07, 6.45) is 5.62. The van der Waals surface area contributed by atoms with Gasteiger partial charge in [0.1, 0.15) is 10.3 Å². The van der Waals surface area contributed by atoms with Crippen molar-refractivity contribution in [2.24, 2.45) is 0 Å². The highest BCUT2D eigenvalue weighted by molar-refractivity contribution is 8.00. The second-order valence-electron chi connectivity index (χ2n) is 7.04. The predicted molar refractivity (Wildman–Crippen MR) is 120 cm³/mol. The third-order valence-corrected chi connectivity index (χ3v) is 7.07. The van der Waals surface area contributed by atoms with Gasteiger partial charge in [0.15, 0.2) is 0 Å². The Labute approximate surface area is 182 Å². The van der Waals surface area contributed by atoms with Crippen molar-refractivity contribution in [3.8, 4) is 0 Å². The lowest BCUT2D eigenvalue weighted by Gasteiger charge is -2.46. The van der Waals surface area contributed by atoms with E-state index in [1.165, 1.54) is 29.8 Å². The van der Waals surface area contributed by atoms with Gasteiger partial charge in [-0.1, -0.05) is 43.3 Å². The molecule has 1 heterocycles. The normalized spacial score (nSPS) is 18.2. The number of carbonyl (C=O) groups is 2. The van der Waals surface area contributed by atoms with Crippen LogP contribution >= 0.6 is 11.8 Å². The summed E-state index contributed by atoms with van der Waals surface area (Å²) in [6.45, 7) is 7.23. The first kappa shape index (κ1) is 24.0. The van der Waals surface area contributed by atoms with E-state index in [1.807, 2.05) is 57.4 Å². The van der Waals surface area contributed by atoms with Gasteiger partial charge in [-0.25, -0.2) is 4.79 Å². The summed E-state index contributed by atoms with van der Waals surface area (Å²) in [5, 5.41) is 0. The minimum Gasteiger partial charge on any atom is -0.465 e. The molecule has 2 rings (SSSR count). The second-order valence-corrected chi connectivity index (χ2v) is 8.17. The van der Waals surface area contributed by atoms with E-state index in [1.54, 1.807) is 11.0 Å². The van der Waals surface area contributed by atoms with Gasteiger partial charge in [-0.2, -0.15) is 4.39 Å². The van der Waals surface area contributed by atoms with Gasteiger partial charge in [0.25, 0.3) is 0 Å². The van der Waals surface area contributed by atoms with Crippen molar-refractivity contribution >= 4 is 23.6 Å². The molecule has 0 spiro atoms. The number of methoxy groups -OCH3 is 1. The molecule has 0 fully saturated rings. The van der Waals surface area contributed by atoms with Crippen molar-refractivity contribution in [3.05, 3.63) is 59.6 Å². The number of thioether (sulfide) groups is 1. The maximum atomic E-state index is 15.6. The van der Waals surface area contributed by atoms with Crippen LogP contribution < -0.4 is 0 Å². The lowest BCUT2D eigenvalue weighted by Crippen LogP contribution is -2.58. The Morgan fingerprint density at radius 1 is 1.20 bits per heavy atom. The number of esters is 1. The topological polar surface area (TPSA) is 49.9 Å². The zero-order valence-electron chi connectivity index (χ0n) is 18.4. The summed E-state index contributed by atoms with van der Waals surface area (Å²) in [6, 6.07) is 8.91. The molecule has 0 aromatic heterocycles. The molecule has 2 unspecified atom stereocenters. The number of ether oxygens (including phenoxy) is 1. The van der Waals surface area contributed by atoms with E-state index in [4.69, 9.17) is 4.74 Å². The van der Waals surface area contributed by atoms with Gasteiger partial charge < -0.3 is 14.5 Å². The molecule has 0 bridgehead atoms. The molecule has 1 aliphatic heterocycles. The maximum absolute atomic E-state index is 15.6. The molecule has 0 radical (unpaired) electrons. The van der Waals surface area contributed by atoms with Crippen molar-refractivity contribution < 1.29 is 18.7 Å². The van der Waals surface area contributed by atoms with Gasteiger partial charge in [-0.05, 0) is 38.2 Å². The van der Waals surface area contributed by atoms with E-state index in [-0.39, 0.29) is 18.0 Å². The number of hydrogen-bond donors (Lipinski definition) is 0. The summed E-state index contributed by atoms with van der Waals surface area (Å²) < 4.78 is 19.5. The van der Waals surface area contributed by atoms with Crippen LogP contribution in [-0.4, -0.2) is 58.9 Å². The number of benzene rings is 1. The van der Waals surface area contributed by atoms with E-state index < -0.39 is 22.7 Å². The molecule has 0 saturated heterocycles. The molecule has 1 aliphatic rings. The third-order valence-electron chi connectivity index (χ3n) is 5.64. The van der Waals surface area contributed by atoms with E-state index in [9.17, 15) is 9.59 Å². The number of halogens is 1. The number of rotatable bonds is 9. The molecule has 1 aromatic rings. The first-order chi connectivity index (χ1) is 14.4. The highest BCUT2D eigenvalue weighted by Gasteiger charge is 2.49. The van der Waals surface area contributed by atoms with Crippen LogP contribution in [0.25, 0.3) is 0 Å². The Bertz CT molecular complexity index is 802. The predicted octanol–water partition coefficient (Wildman–Crippen LogP) is 4.16. The minimum atomic E-state index is -0.893. The Kier molecular flexibility index (Phi) is 8.53. The average molecular weight is 435 g/mol. The van der Waals surface area contributed by atoms with Crippen molar-refractivity contribution in [1.29, 1.82) is 0 Å². The van der Waals surface area contributed by atoms with Crippen LogP contribution in [0.3, 0.4) is 0 Å². The molecular weight excluding hydrogens is 403 g/mol. The Morgan fingerprint density at radius 2 is 1.83 bits per heavy atom. The molecule has 0 saturated carbocycles. The lowest BCUT2D eigenvalue weighted by atomic mass is 9.89. The van der Waals surface area contributed by atoms with Crippen LogP contribution in [0.4, 0.5) is 4.39 Å². The summed E-state index contributed by atoms with van der Waals surface area (Å²) in [5.74, 6) is -1.43. The van der Waals surface area contributed by atoms with Crippen LogP contribution in [0.15, 0.2) is 54.0 Å². The molecule has 7 heteroatoms. The molecule has 2 atom stereocenters. The molecule has 30 heavy (non-hydrogen) atoms. The standard InChI is InChI=1S/C23H31FN2O3S/c1-6-23(30-5,22(28)25(7-2)8-3)19-15-14-18(21(27)29-4)20(24)26(19)16-17-12-10-9-11-13-17/h9-15,19H,6-8,16H2,1-5H3. The number of hydrogen-bond acceptors (Lipinski definition) is 5. The average Bonchev–Trinajstić information content (AvgIpc) is 2.78. The Hall–Kier alpha value is -2.28. The lowest BCUT2D eigenvalue weighted by molar-refractivity contribution is -0.136. The molecule has 0 N–H and O–H groups in total. The third kappa shape index (κ3) is 4.56. The highest BCUT2D eigenvalue weighted by Crippen LogP contribution is 2.41. The van der Waals surface area contributed by atoms with Gasteiger partial charge >= 0.3 is 5.97 Å². The summed E-state index contributed by atoms with van der Waals surface area (Å²) >= 11 is 1.43. The fourth-order valence-electron chi connectivity index (χ4n) is 3.87. The maximum Gasteiger partial charge on any atom is 0.342 e. The van der Waals surface area contributed by atoms with Crippen LogP contribution in [0.1, 0.15) is 32.8 Å². The second kappa shape index (κ2) is 10.7. The van der Waals surface area contributed by atoms with Gasteiger partial charge in [0.2, 0.25) is 11.9 Å². The zero-order chi connectivity index (χ0) is 22.3. The fraction of sp³-hybridized carbons (Fsp3) is 0.478. The van der Waals surface area contributed by atoms with Gasteiger partial charge in [0.05, 0.1) is 13.2 Å². The minimum absolute atomic E-state index is 0.0236. The largest absolute Gasteiger partial charge is 0.465 e. The Morgan fingerprint density at radius 3 is 2.33 bits per heavy atom. The van der Waals surface area contributed by atoms with Gasteiger partial charge in [-0.15, -0.1) is 11.8 Å². The number of amides is 1. The van der Waals surface area contributed by atoms with Crippen LogP contribution in [-0.2, 0) is 20.9 Å². The number of carbonyl (C=O) groups excluding carboxylic acids is 2. The van der Waals surface area contributed by atoms with Crippen molar-refractivity contribution in [1.82, 2.24) is 9.80 Å². The van der Waals surface area contributed by atoms with Crippen LogP contribution in [0, 0.1) is 0 Å². The SMILES string of the molecule is CCN(CC)C(=O)C(CC)(SC)C1C=CC(C(=O)OC)=C(F)N1Cc1ccccc1. The van der Waals surface area contributed by atoms with E-state index in [2.05, 4.69) is 0 Å². The molecule has 1 amide bonds. The zero-order valence-corrected chi connectivity index (χ0v) is 19.2. The fourth-order valence-corrected chi connectivity index (χ4v) is 4.91. The summed E-state index contributed by atoms with van der Waals surface area (Å²) in [7, 11) is 1.23. The van der Waals surface area contributed by atoms with E-state index in [0.29, 0.717) is 19.5 Å². The molecule has 164 valence electrons. The monoisotopic (exact) mass is 434 g/mol. The molecular formula is C23H31FN2O3S. The first-order valence-corrected chi connectivity index (χ1v) is 11.4. The van der Waals surface area contributed by atoms with Gasteiger partial charge in [0, 0.05) is 19.6 Å². The molecule has 5 nitrogen and oxygen atoms in total. The number of nitrogens with zero attached hydrogens (tertiary/aromatic N) is 2. The first-order valence-electron chi connectivity index (χ1n) is 10.2. The quantitative estimate of drug-likeness (QED) is 0.431. The molecule has 0 aliphatic carbocycles. The van der Waals surface area contributed by atoms with Crippen LogP contribution in [0.2, 0.25) is 0 Å². The van der Waals surface area contributed by atoms with E-state index in [0.717, 1.165) is 5.56 Å². The highest BCUT2D eigenvalue weighted by atomic mass is 32.2. The van der Waals surface area contributed by atoms with Crippen molar-refractivity contribution in [2.75, 3.05) is 26.5 Å². The Balaban J connectivity index is 2.58. The van der Waals surface area contributed by atoms with E-state index >= 15 is 4.39 Å².